The van der Waals surface area contributed by atoms with Gasteiger partial charge in [-0.1, -0.05) is 12.1 Å². The zero-order chi connectivity index (χ0) is 19.3. The topological polar surface area (TPSA) is 66.4 Å². The lowest BCUT2D eigenvalue weighted by Gasteiger charge is -2.12. The van der Waals surface area contributed by atoms with Gasteiger partial charge >= 0.3 is 6.18 Å². The lowest BCUT2D eigenvalue weighted by atomic mass is 10.1. The highest BCUT2D eigenvalue weighted by Crippen LogP contribution is 2.36. The van der Waals surface area contributed by atoms with E-state index < -0.39 is 17.8 Å². The molecule has 9 heteroatoms. The van der Waals surface area contributed by atoms with Crippen molar-refractivity contribution in [2.45, 2.75) is 6.18 Å². The molecule has 0 fully saturated rings. The maximum Gasteiger partial charge on any atom is 0.438 e. The first-order chi connectivity index (χ1) is 13.0. The van der Waals surface area contributed by atoms with Gasteiger partial charge in [0.2, 0.25) is 5.69 Å². The van der Waals surface area contributed by atoms with Crippen LogP contribution < -0.4 is 9.47 Å². The lowest BCUT2D eigenvalue weighted by molar-refractivity contribution is -0.142. The van der Waals surface area contributed by atoms with Crippen LogP contribution in [0.3, 0.4) is 0 Å². The van der Waals surface area contributed by atoms with Gasteiger partial charge in [-0.15, -0.1) is 0 Å². The van der Waals surface area contributed by atoms with Crippen molar-refractivity contribution in [1.82, 2.24) is 15.0 Å². The van der Waals surface area contributed by atoms with Gasteiger partial charge in [-0.3, -0.25) is 4.98 Å². The van der Waals surface area contributed by atoms with Crippen LogP contribution in [-0.4, -0.2) is 28.9 Å². The van der Waals surface area contributed by atoms with E-state index in [0.29, 0.717) is 5.75 Å². The van der Waals surface area contributed by atoms with Gasteiger partial charge in [-0.25, -0.2) is 9.97 Å². The second kappa shape index (κ2) is 8.00. The Morgan fingerprint density at radius 2 is 1.70 bits per heavy atom. The molecule has 2 heterocycles. The van der Waals surface area contributed by atoms with Gasteiger partial charge < -0.3 is 14.2 Å². The minimum absolute atomic E-state index is 0.0623. The summed E-state index contributed by atoms with van der Waals surface area (Å²) in [6.07, 6.45) is 0.593. The van der Waals surface area contributed by atoms with E-state index in [0.717, 1.165) is 23.5 Å². The number of nitrogens with zero attached hydrogens (tertiary/aromatic N) is 3. The molecule has 0 amide bonds. The fraction of sp³-hybridized carbons (Fsp3) is 0.167. The molecule has 140 valence electrons. The van der Waals surface area contributed by atoms with Gasteiger partial charge in [0, 0.05) is 31.3 Å². The van der Waals surface area contributed by atoms with Crippen LogP contribution >= 0.6 is 0 Å². The van der Waals surface area contributed by atoms with Crippen molar-refractivity contribution >= 4 is 0 Å². The average Bonchev–Trinajstić information content (AvgIpc) is 2.67. The number of pyridine rings is 1. The Morgan fingerprint density at radius 3 is 2.41 bits per heavy atom. The summed E-state index contributed by atoms with van der Waals surface area (Å²) in [4.78, 5) is 10.9. The summed E-state index contributed by atoms with van der Waals surface area (Å²) in [6, 6.07) is 8.20. The Hall–Kier alpha value is -3.20. The Labute approximate surface area is 152 Å². The number of alkyl halides is 3. The van der Waals surface area contributed by atoms with Crippen molar-refractivity contribution in [2.24, 2.45) is 0 Å². The van der Waals surface area contributed by atoms with Gasteiger partial charge in [-0.05, 0) is 23.8 Å². The molecule has 0 spiro atoms. The van der Waals surface area contributed by atoms with Crippen LogP contribution in [0.2, 0.25) is 0 Å². The maximum atomic E-state index is 13.0. The highest BCUT2D eigenvalue weighted by molar-refractivity contribution is 5.70. The number of halogens is 3. The van der Waals surface area contributed by atoms with Gasteiger partial charge in [0.25, 0.3) is 5.88 Å². The molecule has 0 saturated carbocycles. The van der Waals surface area contributed by atoms with Crippen molar-refractivity contribution in [3.63, 3.8) is 0 Å². The van der Waals surface area contributed by atoms with Crippen LogP contribution in [0.4, 0.5) is 13.2 Å². The van der Waals surface area contributed by atoms with Gasteiger partial charge in [0.1, 0.15) is 11.5 Å². The fourth-order valence-electron chi connectivity index (χ4n) is 2.26. The molecule has 0 atom stereocenters. The summed E-state index contributed by atoms with van der Waals surface area (Å²) in [5, 5.41) is 0. The van der Waals surface area contributed by atoms with E-state index in [2.05, 4.69) is 15.0 Å². The molecule has 0 radical (unpaired) electrons. The first-order valence-electron chi connectivity index (χ1n) is 7.71. The molecule has 27 heavy (non-hydrogen) atoms. The van der Waals surface area contributed by atoms with Crippen LogP contribution in [0.1, 0.15) is 5.69 Å². The van der Waals surface area contributed by atoms with E-state index in [9.17, 15) is 13.2 Å². The minimum Gasteiger partial charge on any atom is -0.465 e. The predicted molar refractivity (Wildman–Crippen MR) is 89.3 cm³/mol. The molecule has 2 aromatic heterocycles. The Kier molecular flexibility index (Phi) is 5.51. The third-order valence-electron chi connectivity index (χ3n) is 3.43. The number of methoxy groups -OCH3 is 1. The molecule has 0 saturated heterocycles. The normalized spacial score (nSPS) is 11.3. The van der Waals surface area contributed by atoms with Crippen LogP contribution in [0, 0.1) is 0 Å². The summed E-state index contributed by atoms with van der Waals surface area (Å²) >= 11 is 0. The minimum atomic E-state index is -4.66. The van der Waals surface area contributed by atoms with Crippen molar-refractivity contribution in [1.29, 1.82) is 0 Å². The largest absolute Gasteiger partial charge is 0.465 e. The predicted octanol–water partition coefficient (Wildman–Crippen LogP) is 4.33. The lowest BCUT2D eigenvalue weighted by Crippen LogP contribution is -2.10. The smallest absolute Gasteiger partial charge is 0.438 e. The number of hydrogen-bond acceptors (Lipinski definition) is 6. The van der Waals surface area contributed by atoms with Gasteiger partial charge in [-0.2, -0.15) is 13.2 Å². The third kappa shape index (κ3) is 4.50. The molecule has 3 rings (SSSR count). The molecule has 0 bridgehead atoms. The van der Waals surface area contributed by atoms with E-state index in [4.69, 9.17) is 14.2 Å². The number of ether oxygens (including phenoxy) is 3. The first kappa shape index (κ1) is 18.6. The number of rotatable bonds is 6. The third-order valence-corrected chi connectivity index (χ3v) is 3.43. The summed E-state index contributed by atoms with van der Waals surface area (Å²) < 4.78 is 54.5. The van der Waals surface area contributed by atoms with Crippen LogP contribution in [0.15, 0.2) is 55.1 Å². The molecule has 3 aromatic rings. The van der Waals surface area contributed by atoms with Gasteiger partial charge in [0.15, 0.2) is 6.79 Å². The molecule has 0 unspecified atom stereocenters. The number of benzene rings is 1. The van der Waals surface area contributed by atoms with E-state index in [1.54, 1.807) is 30.6 Å². The highest BCUT2D eigenvalue weighted by Gasteiger charge is 2.37. The van der Waals surface area contributed by atoms with Crippen LogP contribution in [-0.2, 0) is 10.9 Å². The van der Waals surface area contributed by atoms with Crippen molar-refractivity contribution in [3.8, 4) is 28.5 Å². The zero-order valence-electron chi connectivity index (χ0n) is 14.1. The Bertz CT molecular complexity index is 902. The second-order valence-electron chi connectivity index (χ2n) is 5.26. The second-order valence-corrected chi connectivity index (χ2v) is 5.26. The standard InChI is InChI=1S/C18H14F3N3O3/c1-25-11-26-15-10-22-7-6-14(15)12-2-4-13(5-3-12)27-17-16(18(19,20)21)23-8-9-24-17/h2-10H,11H2,1H3. The molecule has 6 nitrogen and oxygen atoms in total. The SMILES string of the molecule is COCOc1cnccc1-c1ccc(Oc2nccnc2C(F)(F)F)cc1. The molecule has 1 aromatic carbocycles. The quantitative estimate of drug-likeness (QED) is 0.596. The summed E-state index contributed by atoms with van der Waals surface area (Å²) in [5.41, 5.74) is 0.341. The molecule has 0 aliphatic heterocycles. The summed E-state index contributed by atoms with van der Waals surface area (Å²) in [6.45, 7) is 0.0623. The van der Waals surface area contributed by atoms with E-state index in [1.165, 1.54) is 19.2 Å². The zero-order valence-corrected chi connectivity index (χ0v) is 14.1. The van der Waals surface area contributed by atoms with Crippen LogP contribution in [0.5, 0.6) is 17.4 Å². The molecular weight excluding hydrogens is 363 g/mol. The fourth-order valence-corrected chi connectivity index (χ4v) is 2.26. The van der Waals surface area contributed by atoms with Crippen molar-refractivity contribution in [3.05, 3.63) is 60.8 Å². The highest BCUT2D eigenvalue weighted by atomic mass is 19.4. The van der Waals surface area contributed by atoms with E-state index >= 15 is 0 Å². The monoisotopic (exact) mass is 377 g/mol. The molecule has 0 N–H and O–H groups in total. The molecular formula is C18H14F3N3O3. The Balaban J connectivity index is 1.84. The number of aromatic nitrogens is 3. The van der Waals surface area contributed by atoms with Crippen molar-refractivity contribution in [2.75, 3.05) is 13.9 Å². The van der Waals surface area contributed by atoms with Crippen molar-refractivity contribution < 1.29 is 27.4 Å². The van der Waals surface area contributed by atoms with E-state index in [-0.39, 0.29) is 12.5 Å². The van der Waals surface area contributed by atoms with Crippen LogP contribution in [0.25, 0.3) is 11.1 Å². The molecule has 0 aliphatic carbocycles. The average molecular weight is 377 g/mol. The number of hydrogen-bond donors (Lipinski definition) is 0. The summed E-state index contributed by atoms with van der Waals surface area (Å²) in [5.74, 6) is 0.102. The van der Waals surface area contributed by atoms with Gasteiger partial charge in [0.05, 0.1) is 6.20 Å². The van der Waals surface area contributed by atoms with E-state index in [1.807, 2.05) is 0 Å². The molecule has 0 aliphatic rings. The Morgan fingerprint density at radius 1 is 0.963 bits per heavy atom. The summed E-state index contributed by atoms with van der Waals surface area (Å²) in [7, 11) is 1.50. The first-order valence-corrected chi connectivity index (χ1v) is 7.71. The maximum absolute atomic E-state index is 13.0.